The number of carbonyl (C=O) groups is 7. The number of hydrogen-bond donors (Lipinski definition) is 9. The molecule has 18 nitrogen and oxygen atoms in total. The quantitative estimate of drug-likeness (QED) is 0.0745. The molecular weight excluding hydrogens is 633 g/mol. The Labute approximate surface area is 264 Å². The highest BCUT2D eigenvalue weighted by molar-refractivity contribution is 7.46. The van der Waals surface area contributed by atoms with Crippen molar-refractivity contribution in [3.05, 3.63) is 29.8 Å². The number of primary amides is 1. The van der Waals surface area contributed by atoms with E-state index >= 15 is 0 Å². The van der Waals surface area contributed by atoms with Crippen LogP contribution in [-0.2, 0) is 44.5 Å². The lowest BCUT2D eigenvalue weighted by molar-refractivity contribution is -0.140. The third-order valence-electron chi connectivity index (χ3n) is 6.21. The molecule has 1 aromatic rings. The van der Waals surface area contributed by atoms with Crippen molar-refractivity contribution in [2.45, 2.75) is 83.5 Å². The van der Waals surface area contributed by atoms with Crippen LogP contribution in [0.25, 0.3) is 0 Å². The number of aliphatic carboxylic acids is 2. The number of nitrogens with two attached hydrogens (primary N) is 1. The number of carboxylic acid groups (broad SMARTS) is 2. The van der Waals surface area contributed by atoms with Crippen LogP contribution in [0.5, 0.6) is 5.75 Å². The summed E-state index contributed by atoms with van der Waals surface area (Å²) in [6.07, 6.45) is -2.08. The summed E-state index contributed by atoms with van der Waals surface area (Å²) in [5.74, 6) is -7.23. The lowest BCUT2D eigenvalue weighted by Gasteiger charge is -2.26. The van der Waals surface area contributed by atoms with Crippen LogP contribution in [0.15, 0.2) is 24.3 Å². The van der Waals surface area contributed by atoms with Crippen molar-refractivity contribution in [3.8, 4) is 5.75 Å². The van der Waals surface area contributed by atoms with Crippen molar-refractivity contribution in [2.24, 2.45) is 11.7 Å². The number of hydrogen-bond acceptors (Lipinski definition) is 9. The maximum atomic E-state index is 13.3. The molecule has 0 radical (unpaired) electrons. The van der Waals surface area contributed by atoms with E-state index in [1.54, 1.807) is 13.8 Å². The Bertz CT molecular complexity index is 1320. The van der Waals surface area contributed by atoms with Gasteiger partial charge in [-0.2, -0.15) is 0 Å². The molecule has 46 heavy (non-hydrogen) atoms. The molecule has 0 aromatic heterocycles. The lowest BCUT2D eigenvalue weighted by atomic mass is 10.0. The minimum absolute atomic E-state index is 0.0666. The third-order valence-corrected chi connectivity index (χ3v) is 6.66. The van der Waals surface area contributed by atoms with Gasteiger partial charge in [0.15, 0.2) is 0 Å². The van der Waals surface area contributed by atoms with E-state index in [2.05, 4.69) is 25.8 Å². The van der Waals surface area contributed by atoms with E-state index in [1.807, 2.05) is 0 Å². The summed E-state index contributed by atoms with van der Waals surface area (Å²) < 4.78 is 15.5. The zero-order chi connectivity index (χ0) is 35.2. The molecule has 19 heteroatoms. The van der Waals surface area contributed by atoms with E-state index in [-0.39, 0.29) is 24.5 Å². The molecule has 0 aliphatic rings. The fourth-order valence-corrected chi connectivity index (χ4v) is 4.52. The second-order valence-electron chi connectivity index (χ2n) is 10.8. The van der Waals surface area contributed by atoms with Crippen LogP contribution in [0.1, 0.15) is 58.4 Å². The molecule has 0 saturated heterocycles. The Balaban J connectivity index is 3.22. The molecule has 0 heterocycles. The van der Waals surface area contributed by atoms with Crippen molar-refractivity contribution < 1.29 is 62.7 Å². The average molecular weight is 674 g/mol. The molecule has 0 fully saturated rings. The normalized spacial score (nSPS) is 13.8. The molecule has 1 rings (SSSR count). The number of nitrogens with one attached hydrogen (secondary N) is 4. The van der Waals surface area contributed by atoms with Gasteiger partial charge in [-0.05, 0) is 42.9 Å². The SMILES string of the molecule is CC(=O)NC(Cc1ccc(OP(=O)(O)O)cc1)C(=O)NC(CCC(=O)O)C(=O)NC(CCC(=O)O)C(=O)NC(CC(C)C)C(N)=O. The fraction of sp³-hybridized carbons (Fsp3) is 0.519. The largest absolute Gasteiger partial charge is 0.524 e. The lowest BCUT2D eigenvalue weighted by Crippen LogP contribution is -2.58. The number of benzene rings is 1. The van der Waals surface area contributed by atoms with Gasteiger partial charge in [-0.3, -0.25) is 43.3 Å². The zero-order valence-electron chi connectivity index (χ0n) is 25.4. The van der Waals surface area contributed by atoms with E-state index in [0.717, 1.165) is 6.92 Å². The molecule has 0 aliphatic carbocycles. The van der Waals surface area contributed by atoms with Gasteiger partial charge < -0.3 is 41.7 Å². The first-order chi connectivity index (χ1) is 21.3. The van der Waals surface area contributed by atoms with Crippen molar-refractivity contribution in [1.29, 1.82) is 0 Å². The predicted molar refractivity (Wildman–Crippen MR) is 159 cm³/mol. The van der Waals surface area contributed by atoms with Gasteiger partial charge in [0.05, 0.1) is 0 Å². The maximum absolute atomic E-state index is 13.3. The summed E-state index contributed by atoms with van der Waals surface area (Å²) in [5, 5.41) is 27.8. The Morgan fingerprint density at radius 1 is 0.761 bits per heavy atom. The number of carbonyl (C=O) groups excluding carboxylic acids is 5. The summed E-state index contributed by atoms with van der Waals surface area (Å²) >= 11 is 0. The Morgan fingerprint density at radius 2 is 1.20 bits per heavy atom. The molecular formula is C27H40N5O13P. The van der Waals surface area contributed by atoms with E-state index in [1.165, 1.54) is 24.3 Å². The highest BCUT2D eigenvalue weighted by atomic mass is 31.2. The minimum Gasteiger partial charge on any atom is -0.481 e. The Hall–Kier alpha value is -4.54. The molecule has 5 amide bonds. The van der Waals surface area contributed by atoms with Gasteiger partial charge in [0.1, 0.15) is 29.9 Å². The first kappa shape index (κ1) is 39.5. The molecule has 4 atom stereocenters. The van der Waals surface area contributed by atoms with Gasteiger partial charge >= 0.3 is 19.8 Å². The van der Waals surface area contributed by atoms with E-state index < -0.39 is 99.1 Å². The molecule has 0 bridgehead atoms. The predicted octanol–water partition coefficient (Wildman–Crippen LogP) is -1.08. The van der Waals surface area contributed by atoms with Crippen LogP contribution in [0.3, 0.4) is 0 Å². The highest BCUT2D eigenvalue weighted by Crippen LogP contribution is 2.37. The minimum atomic E-state index is -4.82. The van der Waals surface area contributed by atoms with Gasteiger partial charge in [0.2, 0.25) is 29.5 Å². The van der Waals surface area contributed by atoms with Crippen LogP contribution >= 0.6 is 7.82 Å². The molecule has 256 valence electrons. The number of carboxylic acids is 2. The second-order valence-corrected chi connectivity index (χ2v) is 11.9. The molecule has 10 N–H and O–H groups in total. The Kier molecular flexibility index (Phi) is 15.8. The van der Waals surface area contributed by atoms with Crippen LogP contribution in [-0.4, -0.2) is 85.6 Å². The highest BCUT2D eigenvalue weighted by Gasteiger charge is 2.32. The number of rotatable bonds is 20. The van der Waals surface area contributed by atoms with Gasteiger partial charge in [-0.15, -0.1) is 0 Å². The number of amides is 5. The van der Waals surface area contributed by atoms with Gasteiger partial charge in [-0.1, -0.05) is 26.0 Å². The first-order valence-electron chi connectivity index (χ1n) is 14.0. The van der Waals surface area contributed by atoms with Crippen LogP contribution in [0.2, 0.25) is 0 Å². The Morgan fingerprint density at radius 3 is 1.57 bits per heavy atom. The summed E-state index contributed by atoms with van der Waals surface area (Å²) in [6.45, 7) is 4.66. The van der Waals surface area contributed by atoms with E-state index in [4.69, 9.17) is 20.6 Å². The van der Waals surface area contributed by atoms with Crippen LogP contribution in [0, 0.1) is 5.92 Å². The zero-order valence-corrected chi connectivity index (χ0v) is 26.3. The number of phosphoric acid groups is 1. The fourth-order valence-electron chi connectivity index (χ4n) is 4.12. The van der Waals surface area contributed by atoms with Crippen molar-refractivity contribution in [1.82, 2.24) is 21.3 Å². The van der Waals surface area contributed by atoms with E-state index in [9.17, 15) is 43.2 Å². The van der Waals surface area contributed by atoms with E-state index in [0.29, 0.717) is 5.56 Å². The van der Waals surface area contributed by atoms with Gasteiger partial charge in [-0.25, -0.2) is 4.57 Å². The third kappa shape index (κ3) is 16.0. The van der Waals surface area contributed by atoms with Crippen molar-refractivity contribution in [3.63, 3.8) is 0 Å². The van der Waals surface area contributed by atoms with Gasteiger partial charge in [0, 0.05) is 26.2 Å². The molecule has 0 spiro atoms. The summed E-state index contributed by atoms with van der Waals surface area (Å²) in [5.41, 5.74) is 5.77. The van der Waals surface area contributed by atoms with Gasteiger partial charge in [0.25, 0.3) is 0 Å². The molecule has 0 aliphatic heterocycles. The summed E-state index contributed by atoms with van der Waals surface area (Å²) in [4.78, 5) is 104. The summed E-state index contributed by atoms with van der Waals surface area (Å²) in [7, 11) is -4.82. The van der Waals surface area contributed by atoms with Crippen molar-refractivity contribution in [2.75, 3.05) is 0 Å². The van der Waals surface area contributed by atoms with Crippen LogP contribution < -0.4 is 31.5 Å². The monoisotopic (exact) mass is 673 g/mol. The molecule has 1 aromatic carbocycles. The summed E-state index contributed by atoms with van der Waals surface area (Å²) in [6, 6.07) is -0.361. The first-order valence-corrected chi connectivity index (χ1v) is 15.6. The topological polar surface area (TPSA) is 301 Å². The molecule has 0 saturated carbocycles. The maximum Gasteiger partial charge on any atom is 0.524 e. The van der Waals surface area contributed by atoms with Crippen LogP contribution in [0.4, 0.5) is 0 Å². The van der Waals surface area contributed by atoms with Crippen molar-refractivity contribution >= 4 is 49.3 Å². The second kappa shape index (κ2) is 18.4. The number of phosphoric ester groups is 1. The smallest absolute Gasteiger partial charge is 0.481 e. The molecule has 4 unspecified atom stereocenters. The average Bonchev–Trinajstić information content (AvgIpc) is 2.91. The standard InChI is InChI=1S/C27H40N5O13P/c1-14(2)12-20(24(28)38)32-26(40)19(9-11-23(36)37)30-25(39)18(8-10-22(34)35)31-27(41)21(29-15(3)33)13-16-4-6-17(7-5-16)45-46(42,43)44/h4-7,14,18-21H,8-13H2,1-3H3,(H2,28,38)(H,29,33)(H,30,39)(H,31,41)(H,32,40)(H,34,35)(H,36,37)(H2,42,43,44).